The number of nitrogens with zero attached hydrogens (tertiary/aromatic N) is 8. The van der Waals surface area contributed by atoms with Crippen molar-refractivity contribution in [3.05, 3.63) is 34.5 Å². The molecule has 0 saturated heterocycles. The molecule has 0 bridgehead atoms. The number of hydrogen-bond donors (Lipinski definition) is 1. The van der Waals surface area contributed by atoms with Crippen molar-refractivity contribution in [1.29, 1.82) is 0 Å². The molecule has 3 aromatic rings. The highest BCUT2D eigenvalue weighted by Crippen LogP contribution is 2.29. The van der Waals surface area contributed by atoms with Crippen molar-refractivity contribution in [3.8, 4) is 5.82 Å². The number of amides is 1. The van der Waals surface area contributed by atoms with E-state index in [1.54, 1.807) is 0 Å². The van der Waals surface area contributed by atoms with Crippen molar-refractivity contribution in [2.24, 2.45) is 7.05 Å². The van der Waals surface area contributed by atoms with Crippen molar-refractivity contribution >= 4 is 27.8 Å². The number of halogens is 4. The maximum atomic E-state index is 12.9. The van der Waals surface area contributed by atoms with Gasteiger partial charge < -0.3 is 0 Å². The smallest absolute Gasteiger partial charge is 0.289 e. The van der Waals surface area contributed by atoms with Crippen LogP contribution in [-0.4, -0.2) is 45.9 Å². The van der Waals surface area contributed by atoms with Gasteiger partial charge in [0.2, 0.25) is 10.7 Å². The summed E-state index contributed by atoms with van der Waals surface area (Å²) in [4.78, 5) is 19.7. The summed E-state index contributed by atoms with van der Waals surface area (Å²) in [6, 6.07) is 1.68. The zero-order valence-corrected chi connectivity index (χ0v) is 13.8. The molecular weight excluding hydrogens is 411 g/mol. The fraction of sp³-hybridized carbons (Fsp3) is 0.182. The maximum Gasteiger partial charge on any atom is 0.433 e. The lowest BCUT2D eigenvalue weighted by Crippen LogP contribution is -2.20. The topological polar surface area (TPSA) is 116 Å². The SMILES string of the molecule is Cn1nnnc1NC(=O)c1ccc(C(F)(F)F)nc1-n1cnc(Br)n1. The average molecular weight is 418 g/mol. The Balaban J connectivity index is 2.06. The molecule has 0 unspecified atom stereocenters. The lowest BCUT2D eigenvalue weighted by Gasteiger charge is -2.11. The molecule has 0 saturated carbocycles. The average Bonchev–Trinajstić information content (AvgIpc) is 3.15. The van der Waals surface area contributed by atoms with Crippen LogP contribution in [0.25, 0.3) is 5.82 Å². The Morgan fingerprint density at radius 2 is 2.08 bits per heavy atom. The summed E-state index contributed by atoms with van der Waals surface area (Å²) < 4.78 is 41.0. The summed E-state index contributed by atoms with van der Waals surface area (Å²) >= 11 is 2.98. The van der Waals surface area contributed by atoms with Crippen LogP contribution < -0.4 is 5.32 Å². The standard InChI is InChI=1S/C11H7BrF3N9O/c1-23-10(19-21-22-23)18-8(25)5-2-3-6(11(13,14)15)17-7(5)24-4-16-9(12)20-24/h2-4H,1H3,(H,18,19,22,25). The minimum absolute atomic E-state index is 0.00983. The van der Waals surface area contributed by atoms with Gasteiger partial charge in [-0.3, -0.25) is 10.1 Å². The number of hydrogen-bond acceptors (Lipinski definition) is 7. The first-order valence-corrected chi connectivity index (χ1v) is 7.24. The van der Waals surface area contributed by atoms with E-state index in [1.165, 1.54) is 11.7 Å². The summed E-state index contributed by atoms with van der Waals surface area (Å²) in [6.45, 7) is 0. The predicted molar refractivity (Wildman–Crippen MR) is 78.6 cm³/mol. The molecule has 0 radical (unpaired) electrons. The van der Waals surface area contributed by atoms with E-state index in [9.17, 15) is 18.0 Å². The molecule has 0 fully saturated rings. The van der Waals surface area contributed by atoms with E-state index in [0.29, 0.717) is 6.07 Å². The van der Waals surface area contributed by atoms with Gasteiger partial charge in [0.25, 0.3) is 5.91 Å². The summed E-state index contributed by atoms with van der Waals surface area (Å²) in [5.41, 5.74) is -1.35. The largest absolute Gasteiger partial charge is 0.433 e. The highest BCUT2D eigenvalue weighted by molar-refractivity contribution is 9.10. The first-order chi connectivity index (χ1) is 11.8. The van der Waals surface area contributed by atoms with Crippen LogP contribution in [0.4, 0.5) is 19.1 Å². The van der Waals surface area contributed by atoms with E-state index in [2.05, 4.69) is 51.8 Å². The summed E-state index contributed by atoms with van der Waals surface area (Å²) in [6.07, 6.45) is -3.57. The van der Waals surface area contributed by atoms with Crippen LogP contribution in [0.1, 0.15) is 16.1 Å². The Morgan fingerprint density at radius 3 is 2.64 bits per heavy atom. The van der Waals surface area contributed by atoms with E-state index >= 15 is 0 Å². The molecule has 3 heterocycles. The molecule has 10 nitrogen and oxygen atoms in total. The van der Waals surface area contributed by atoms with Crippen molar-refractivity contribution in [2.75, 3.05) is 5.32 Å². The van der Waals surface area contributed by atoms with Crippen LogP contribution in [-0.2, 0) is 13.2 Å². The second kappa shape index (κ2) is 6.19. The molecule has 1 N–H and O–H groups in total. The molecule has 0 atom stereocenters. The van der Waals surface area contributed by atoms with Crippen LogP contribution in [0.5, 0.6) is 0 Å². The fourth-order valence-corrected chi connectivity index (χ4v) is 2.07. The number of anilines is 1. The second-order valence-corrected chi connectivity index (χ2v) is 5.31. The highest BCUT2D eigenvalue weighted by Gasteiger charge is 2.34. The van der Waals surface area contributed by atoms with Crippen LogP contribution in [0.3, 0.4) is 0 Å². The van der Waals surface area contributed by atoms with Gasteiger partial charge in [0.1, 0.15) is 12.0 Å². The molecule has 0 aromatic carbocycles. The van der Waals surface area contributed by atoms with Gasteiger partial charge in [0.05, 0.1) is 5.56 Å². The summed E-state index contributed by atoms with van der Waals surface area (Å²) in [7, 11) is 1.48. The van der Waals surface area contributed by atoms with E-state index in [0.717, 1.165) is 17.1 Å². The van der Waals surface area contributed by atoms with Crippen molar-refractivity contribution in [2.45, 2.75) is 6.18 Å². The molecule has 1 amide bonds. The molecule has 0 aliphatic heterocycles. The van der Waals surface area contributed by atoms with Gasteiger partial charge in [-0.2, -0.15) is 13.2 Å². The Bertz CT molecular complexity index is 935. The lowest BCUT2D eigenvalue weighted by atomic mass is 10.2. The molecule has 14 heteroatoms. The van der Waals surface area contributed by atoms with Crippen LogP contribution >= 0.6 is 15.9 Å². The van der Waals surface area contributed by atoms with Gasteiger partial charge in [0, 0.05) is 7.05 Å². The number of carbonyl (C=O) groups is 1. The zero-order valence-electron chi connectivity index (χ0n) is 12.2. The van der Waals surface area contributed by atoms with Gasteiger partial charge in [-0.05, 0) is 38.5 Å². The minimum atomic E-state index is -4.69. The van der Waals surface area contributed by atoms with Gasteiger partial charge in [-0.1, -0.05) is 5.10 Å². The molecule has 0 spiro atoms. The monoisotopic (exact) mass is 417 g/mol. The van der Waals surface area contributed by atoms with Crippen molar-refractivity contribution in [3.63, 3.8) is 0 Å². The van der Waals surface area contributed by atoms with Gasteiger partial charge >= 0.3 is 6.18 Å². The normalized spacial score (nSPS) is 11.6. The quantitative estimate of drug-likeness (QED) is 0.680. The molecule has 130 valence electrons. The fourth-order valence-electron chi connectivity index (χ4n) is 1.81. The number of rotatable bonds is 3. The Labute approximate surface area is 145 Å². The molecule has 0 aliphatic rings. The Kier molecular flexibility index (Phi) is 4.20. The number of aryl methyl sites for hydroxylation is 1. The summed E-state index contributed by atoms with van der Waals surface area (Å²) in [5.74, 6) is -1.10. The number of pyridine rings is 1. The van der Waals surface area contributed by atoms with E-state index in [4.69, 9.17) is 0 Å². The van der Waals surface area contributed by atoms with Crippen molar-refractivity contribution < 1.29 is 18.0 Å². The zero-order chi connectivity index (χ0) is 18.2. The maximum absolute atomic E-state index is 12.9. The third-order valence-corrected chi connectivity index (χ3v) is 3.30. The Hall–Kier alpha value is -2.90. The molecule has 3 aromatic heterocycles. The number of nitrogens with one attached hydrogen (secondary N) is 1. The molecule has 0 aliphatic carbocycles. The third-order valence-electron chi connectivity index (χ3n) is 2.94. The molecule has 3 rings (SSSR count). The van der Waals surface area contributed by atoms with Crippen LogP contribution in [0.2, 0.25) is 0 Å². The molecular formula is C11H7BrF3N9O. The van der Waals surface area contributed by atoms with Gasteiger partial charge in [0.15, 0.2) is 5.82 Å². The lowest BCUT2D eigenvalue weighted by molar-refractivity contribution is -0.141. The Morgan fingerprint density at radius 1 is 1.32 bits per heavy atom. The second-order valence-electron chi connectivity index (χ2n) is 4.60. The van der Waals surface area contributed by atoms with Crippen LogP contribution in [0, 0.1) is 0 Å². The molecule has 25 heavy (non-hydrogen) atoms. The highest BCUT2D eigenvalue weighted by atomic mass is 79.9. The van der Waals surface area contributed by atoms with Crippen LogP contribution in [0.15, 0.2) is 23.2 Å². The van der Waals surface area contributed by atoms with Gasteiger partial charge in [-0.25, -0.2) is 19.3 Å². The van der Waals surface area contributed by atoms with E-state index < -0.39 is 17.8 Å². The van der Waals surface area contributed by atoms with Gasteiger partial charge in [-0.15, -0.1) is 5.10 Å². The predicted octanol–water partition coefficient (Wildman–Crippen LogP) is 1.22. The number of aromatic nitrogens is 8. The number of alkyl halides is 3. The number of tetrazole rings is 1. The van der Waals surface area contributed by atoms with E-state index in [1.807, 2.05) is 0 Å². The van der Waals surface area contributed by atoms with E-state index in [-0.39, 0.29) is 22.1 Å². The first kappa shape index (κ1) is 16.9. The first-order valence-electron chi connectivity index (χ1n) is 6.45. The third kappa shape index (κ3) is 3.47. The summed E-state index contributed by atoms with van der Waals surface area (Å²) in [5, 5.41) is 16.7. The van der Waals surface area contributed by atoms with Crippen molar-refractivity contribution in [1.82, 2.24) is 40.0 Å². The number of carbonyl (C=O) groups excluding carboxylic acids is 1. The minimum Gasteiger partial charge on any atom is -0.289 e.